The van der Waals surface area contributed by atoms with Gasteiger partial charge in [0, 0.05) is 6.04 Å². The molecule has 0 aromatic heterocycles. The van der Waals surface area contributed by atoms with Gasteiger partial charge in [0.2, 0.25) is 0 Å². The third kappa shape index (κ3) is 4.40. The number of nitrogens with two attached hydrogens (primary N) is 1. The summed E-state index contributed by atoms with van der Waals surface area (Å²) in [7, 11) is 0. The van der Waals surface area contributed by atoms with Crippen molar-refractivity contribution in [2.24, 2.45) is 5.84 Å². The van der Waals surface area contributed by atoms with Crippen molar-refractivity contribution >= 4 is 0 Å². The number of halogens is 2. The van der Waals surface area contributed by atoms with Crippen molar-refractivity contribution < 1.29 is 8.78 Å². The quantitative estimate of drug-likeness (QED) is 0.436. The summed E-state index contributed by atoms with van der Waals surface area (Å²) in [6.45, 7) is 2.15. The van der Waals surface area contributed by atoms with Crippen LogP contribution in [0.5, 0.6) is 0 Å². The van der Waals surface area contributed by atoms with E-state index in [1.807, 2.05) is 0 Å². The zero-order valence-corrected chi connectivity index (χ0v) is 10.2. The fraction of sp³-hybridized carbons (Fsp3) is 0.538. The number of rotatable bonds is 7. The van der Waals surface area contributed by atoms with Crippen LogP contribution in [0.25, 0.3) is 0 Å². The first-order valence-corrected chi connectivity index (χ1v) is 6.10. The molecule has 0 saturated heterocycles. The van der Waals surface area contributed by atoms with Gasteiger partial charge in [-0.15, -0.1) is 0 Å². The third-order valence-electron chi connectivity index (χ3n) is 2.89. The standard InChI is InChI=1S/C13H20F2N2/c1-2-3-4-5-6-13(17-16)10-7-8-11(14)12(15)9-10/h7-9,13,17H,2-6,16H2,1H3. The largest absolute Gasteiger partial charge is 0.271 e. The highest BCUT2D eigenvalue weighted by molar-refractivity contribution is 5.21. The average Bonchev–Trinajstić information content (AvgIpc) is 2.33. The molecule has 1 aromatic rings. The lowest BCUT2D eigenvalue weighted by molar-refractivity contribution is 0.470. The minimum atomic E-state index is -0.824. The van der Waals surface area contributed by atoms with E-state index >= 15 is 0 Å². The molecule has 1 rings (SSSR count). The number of hydrogen-bond donors (Lipinski definition) is 2. The van der Waals surface area contributed by atoms with E-state index in [1.54, 1.807) is 6.07 Å². The van der Waals surface area contributed by atoms with Crippen LogP contribution < -0.4 is 11.3 Å². The average molecular weight is 242 g/mol. The van der Waals surface area contributed by atoms with E-state index < -0.39 is 11.6 Å². The first-order valence-electron chi connectivity index (χ1n) is 6.10. The number of hydrazine groups is 1. The van der Waals surface area contributed by atoms with Gasteiger partial charge in [0.25, 0.3) is 0 Å². The Bertz CT molecular complexity index is 342. The minimum absolute atomic E-state index is 0.109. The van der Waals surface area contributed by atoms with E-state index in [-0.39, 0.29) is 6.04 Å². The van der Waals surface area contributed by atoms with Crippen molar-refractivity contribution in [1.29, 1.82) is 0 Å². The highest BCUT2D eigenvalue weighted by atomic mass is 19.2. The highest BCUT2D eigenvalue weighted by Gasteiger charge is 2.11. The van der Waals surface area contributed by atoms with Gasteiger partial charge in [-0.3, -0.25) is 11.3 Å². The molecule has 0 fully saturated rings. The lowest BCUT2D eigenvalue weighted by Gasteiger charge is -2.16. The van der Waals surface area contributed by atoms with Crippen molar-refractivity contribution in [2.75, 3.05) is 0 Å². The normalized spacial score (nSPS) is 12.7. The van der Waals surface area contributed by atoms with Crippen molar-refractivity contribution in [3.63, 3.8) is 0 Å². The van der Waals surface area contributed by atoms with Crippen LogP contribution >= 0.6 is 0 Å². The highest BCUT2D eigenvalue weighted by Crippen LogP contribution is 2.21. The summed E-state index contributed by atoms with van der Waals surface area (Å²) in [5, 5.41) is 0. The molecule has 2 nitrogen and oxygen atoms in total. The van der Waals surface area contributed by atoms with Gasteiger partial charge in [-0.2, -0.15) is 0 Å². The first kappa shape index (κ1) is 14.1. The topological polar surface area (TPSA) is 38.0 Å². The van der Waals surface area contributed by atoms with E-state index in [1.165, 1.54) is 18.9 Å². The molecule has 0 aliphatic carbocycles. The Hall–Kier alpha value is -1.00. The summed E-state index contributed by atoms with van der Waals surface area (Å²) < 4.78 is 25.9. The number of nitrogens with one attached hydrogen (secondary N) is 1. The fourth-order valence-electron chi connectivity index (χ4n) is 1.85. The third-order valence-corrected chi connectivity index (χ3v) is 2.89. The molecule has 3 N–H and O–H groups in total. The number of benzene rings is 1. The maximum atomic E-state index is 13.1. The second kappa shape index (κ2) is 7.35. The monoisotopic (exact) mass is 242 g/mol. The predicted molar refractivity (Wildman–Crippen MR) is 65.2 cm³/mol. The van der Waals surface area contributed by atoms with Crippen LogP contribution in [0.1, 0.15) is 50.6 Å². The molecule has 1 unspecified atom stereocenters. The molecule has 4 heteroatoms. The van der Waals surface area contributed by atoms with Gasteiger partial charge in [0.15, 0.2) is 11.6 Å². The zero-order chi connectivity index (χ0) is 12.7. The molecule has 0 radical (unpaired) electrons. The SMILES string of the molecule is CCCCCCC(NN)c1ccc(F)c(F)c1. The zero-order valence-electron chi connectivity index (χ0n) is 10.2. The summed E-state index contributed by atoms with van der Waals surface area (Å²) in [4.78, 5) is 0. The first-order chi connectivity index (χ1) is 8.19. The molecule has 0 bridgehead atoms. The molecule has 0 aliphatic rings. The smallest absolute Gasteiger partial charge is 0.159 e. The van der Waals surface area contributed by atoms with Crippen LogP contribution in [0.2, 0.25) is 0 Å². The van der Waals surface area contributed by atoms with E-state index in [2.05, 4.69) is 12.3 Å². The molecule has 96 valence electrons. The van der Waals surface area contributed by atoms with Gasteiger partial charge < -0.3 is 0 Å². The van der Waals surface area contributed by atoms with Crippen molar-refractivity contribution in [1.82, 2.24) is 5.43 Å². The van der Waals surface area contributed by atoms with E-state index in [0.29, 0.717) is 5.56 Å². The van der Waals surface area contributed by atoms with Gasteiger partial charge >= 0.3 is 0 Å². The summed E-state index contributed by atoms with van der Waals surface area (Å²) in [6.07, 6.45) is 5.36. The summed E-state index contributed by atoms with van der Waals surface area (Å²) in [6, 6.07) is 3.81. The van der Waals surface area contributed by atoms with Crippen molar-refractivity contribution in [2.45, 2.75) is 45.1 Å². The molecule has 0 saturated carbocycles. The van der Waals surface area contributed by atoms with E-state index in [9.17, 15) is 8.78 Å². The Morgan fingerprint density at radius 3 is 2.53 bits per heavy atom. The van der Waals surface area contributed by atoms with E-state index in [0.717, 1.165) is 25.3 Å². The van der Waals surface area contributed by atoms with Crippen molar-refractivity contribution in [3.8, 4) is 0 Å². The fourth-order valence-corrected chi connectivity index (χ4v) is 1.85. The van der Waals surface area contributed by atoms with Gasteiger partial charge in [-0.25, -0.2) is 8.78 Å². The predicted octanol–water partition coefficient (Wildman–Crippen LogP) is 3.44. The molecule has 1 atom stereocenters. The number of hydrogen-bond acceptors (Lipinski definition) is 2. The Labute approximate surface area is 101 Å². The van der Waals surface area contributed by atoms with Crippen LogP contribution in [0.4, 0.5) is 8.78 Å². The van der Waals surface area contributed by atoms with Crippen molar-refractivity contribution in [3.05, 3.63) is 35.4 Å². The Balaban J connectivity index is 2.56. The molecule has 0 heterocycles. The van der Waals surface area contributed by atoms with E-state index in [4.69, 9.17) is 5.84 Å². The van der Waals surface area contributed by atoms with Crippen LogP contribution in [0.3, 0.4) is 0 Å². The Morgan fingerprint density at radius 2 is 1.94 bits per heavy atom. The second-order valence-electron chi connectivity index (χ2n) is 4.24. The maximum Gasteiger partial charge on any atom is 0.159 e. The summed E-state index contributed by atoms with van der Waals surface area (Å²) >= 11 is 0. The molecular weight excluding hydrogens is 222 g/mol. The Morgan fingerprint density at radius 1 is 1.18 bits per heavy atom. The van der Waals surface area contributed by atoms with Gasteiger partial charge in [0.1, 0.15) is 0 Å². The minimum Gasteiger partial charge on any atom is -0.271 e. The summed E-state index contributed by atoms with van der Waals surface area (Å²) in [5.74, 6) is 3.79. The molecular formula is C13H20F2N2. The van der Waals surface area contributed by atoms with Crippen LogP contribution in [-0.4, -0.2) is 0 Å². The molecule has 0 aliphatic heterocycles. The molecule has 0 amide bonds. The van der Waals surface area contributed by atoms with Gasteiger partial charge in [0.05, 0.1) is 0 Å². The van der Waals surface area contributed by atoms with Gasteiger partial charge in [-0.05, 0) is 24.1 Å². The van der Waals surface area contributed by atoms with Crippen LogP contribution in [0.15, 0.2) is 18.2 Å². The lowest BCUT2D eigenvalue weighted by Crippen LogP contribution is -2.28. The second-order valence-corrected chi connectivity index (χ2v) is 4.24. The molecule has 0 spiro atoms. The molecule has 17 heavy (non-hydrogen) atoms. The van der Waals surface area contributed by atoms with Crippen LogP contribution in [0, 0.1) is 11.6 Å². The Kier molecular flexibility index (Phi) is 6.08. The maximum absolute atomic E-state index is 13.1. The lowest BCUT2D eigenvalue weighted by atomic mass is 10.0. The van der Waals surface area contributed by atoms with Gasteiger partial charge in [-0.1, -0.05) is 38.7 Å². The number of unbranched alkanes of at least 4 members (excludes halogenated alkanes) is 3. The van der Waals surface area contributed by atoms with Crippen LogP contribution in [-0.2, 0) is 0 Å². The summed E-state index contributed by atoms with van der Waals surface area (Å²) in [5.41, 5.74) is 3.35. The molecule has 1 aromatic carbocycles.